The second kappa shape index (κ2) is 4.02. The number of benzene rings is 1. The van der Waals surface area contributed by atoms with Crippen LogP contribution in [0.2, 0.25) is 0 Å². The molecule has 0 aromatic heterocycles. The maximum absolute atomic E-state index is 13.6. The molecule has 2 N–H and O–H groups in total. The SMILES string of the molecule is CC1(C)C(C(N)Cc2cc(F)ccc2F)C1(C)C. The van der Waals surface area contributed by atoms with Crippen molar-refractivity contribution >= 4 is 0 Å². The summed E-state index contributed by atoms with van der Waals surface area (Å²) in [6.07, 6.45) is 0.390. The van der Waals surface area contributed by atoms with Crippen molar-refractivity contribution in [3.05, 3.63) is 35.4 Å². The molecule has 1 unspecified atom stereocenters. The largest absolute Gasteiger partial charge is 0.327 e. The van der Waals surface area contributed by atoms with Crippen LogP contribution < -0.4 is 5.73 Å². The van der Waals surface area contributed by atoms with Crippen molar-refractivity contribution < 1.29 is 8.78 Å². The first-order valence-electron chi connectivity index (χ1n) is 6.37. The molecule has 1 aliphatic rings. The number of hydrogen-bond acceptors (Lipinski definition) is 1. The Labute approximate surface area is 107 Å². The van der Waals surface area contributed by atoms with Gasteiger partial charge in [0.25, 0.3) is 0 Å². The lowest BCUT2D eigenvalue weighted by Gasteiger charge is -2.14. The minimum atomic E-state index is -0.409. The van der Waals surface area contributed by atoms with E-state index in [1.165, 1.54) is 12.1 Å². The lowest BCUT2D eigenvalue weighted by atomic mass is 9.97. The van der Waals surface area contributed by atoms with E-state index in [0.29, 0.717) is 17.9 Å². The summed E-state index contributed by atoms with van der Waals surface area (Å²) in [5.74, 6) is -0.441. The highest BCUT2D eigenvalue weighted by atomic mass is 19.1. The third-order valence-corrected chi connectivity index (χ3v) is 5.02. The highest BCUT2D eigenvalue weighted by Crippen LogP contribution is 2.69. The van der Waals surface area contributed by atoms with Crippen LogP contribution in [-0.4, -0.2) is 6.04 Å². The van der Waals surface area contributed by atoms with E-state index >= 15 is 0 Å². The second-order valence-corrected chi connectivity index (χ2v) is 6.52. The van der Waals surface area contributed by atoms with Gasteiger partial charge in [-0.05, 0) is 46.9 Å². The van der Waals surface area contributed by atoms with Gasteiger partial charge in [-0.2, -0.15) is 0 Å². The highest BCUT2D eigenvalue weighted by Gasteiger charge is 2.66. The first-order valence-corrected chi connectivity index (χ1v) is 6.37. The maximum Gasteiger partial charge on any atom is 0.126 e. The zero-order valence-electron chi connectivity index (χ0n) is 11.4. The molecule has 1 nitrogen and oxygen atoms in total. The van der Waals surface area contributed by atoms with Gasteiger partial charge in [-0.3, -0.25) is 0 Å². The summed E-state index contributed by atoms with van der Waals surface area (Å²) >= 11 is 0. The van der Waals surface area contributed by atoms with Crippen LogP contribution in [0, 0.1) is 28.4 Å². The number of halogens is 2. The molecule has 0 aliphatic heterocycles. The number of nitrogens with two attached hydrogens (primary N) is 1. The third-order valence-electron chi connectivity index (χ3n) is 5.02. The van der Waals surface area contributed by atoms with Gasteiger partial charge in [0.05, 0.1) is 0 Å². The second-order valence-electron chi connectivity index (χ2n) is 6.52. The predicted octanol–water partition coefficient (Wildman–Crippen LogP) is 3.52. The van der Waals surface area contributed by atoms with Crippen molar-refractivity contribution in [2.75, 3.05) is 0 Å². The van der Waals surface area contributed by atoms with E-state index in [1.54, 1.807) is 0 Å². The van der Waals surface area contributed by atoms with Crippen molar-refractivity contribution in [1.29, 1.82) is 0 Å². The topological polar surface area (TPSA) is 26.0 Å². The molecule has 1 aliphatic carbocycles. The Balaban J connectivity index is 2.14. The number of hydrogen-bond donors (Lipinski definition) is 1. The fourth-order valence-corrected chi connectivity index (χ4v) is 3.39. The van der Waals surface area contributed by atoms with Gasteiger partial charge >= 0.3 is 0 Å². The van der Waals surface area contributed by atoms with Crippen molar-refractivity contribution in [3.8, 4) is 0 Å². The van der Waals surface area contributed by atoms with Crippen molar-refractivity contribution in [3.63, 3.8) is 0 Å². The van der Waals surface area contributed by atoms with E-state index in [9.17, 15) is 8.78 Å². The molecule has 0 radical (unpaired) electrons. The zero-order valence-corrected chi connectivity index (χ0v) is 11.4. The standard InChI is InChI=1S/C15H21F2N/c1-14(2)13(15(14,3)4)12(18)8-9-7-10(16)5-6-11(9)17/h5-7,12-13H,8,18H2,1-4H3. The average Bonchev–Trinajstić information content (AvgIpc) is 2.63. The normalized spacial score (nSPS) is 22.8. The molecule has 1 aromatic carbocycles. The molecule has 1 fully saturated rings. The molecule has 18 heavy (non-hydrogen) atoms. The maximum atomic E-state index is 13.6. The van der Waals surface area contributed by atoms with Crippen molar-refractivity contribution in [2.24, 2.45) is 22.5 Å². The van der Waals surface area contributed by atoms with Crippen LogP contribution in [0.25, 0.3) is 0 Å². The van der Waals surface area contributed by atoms with Gasteiger partial charge in [0, 0.05) is 6.04 Å². The molecule has 100 valence electrons. The number of rotatable bonds is 3. The Hall–Kier alpha value is -0.960. The molecule has 3 heteroatoms. The summed E-state index contributed by atoms with van der Waals surface area (Å²) in [5.41, 5.74) is 6.89. The third kappa shape index (κ3) is 1.95. The van der Waals surface area contributed by atoms with E-state index in [2.05, 4.69) is 27.7 Å². The Morgan fingerprint density at radius 3 is 2.22 bits per heavy atom. The summed E-state index contributed by atoms with van der Waals surface area (Å²) in [4.78, 5) is 0. The molecule has 0 amide bonds. The predicted molar refractivity (Wildman–Crippen MR) is 69.1 cm³/mol. The lowest BCUT2D eigenvalue weighted by Crippen LogP contribution is -2.28. The molecule has 0 heterocycles. The molecule has 1 aromatic rings. The van der Waals surface area contributed by atoms with Crippen LogP contribution in [0.15, 0.2) is 18.2 Å². The van der Waals surface area contributed by atoms with Gasteiger partial charge in [-0.25, -0.2) is 8.78 Å². The van der Waals surface area contributed by atoms with Gasteiger partial charge in [0.15, 0.2) is 0 Å². The fraction of sp³-hybridized carbons (Fsp3) is 0.600. The Morgan fingerprint density at radius 1 is 1.17 bits per heavy atom. The van der Waals surface area contributed by atoms with Crippen LogP contribution in [-0.2, 0) is 6.42 Å². The van der Waals surface area contributed by atoms with E-state index in [0.717, 1.165) is 6.07 Å². The van der Waals surface area contributed by atoms with Crippen LogP contribution in [0.3, 0.4) is 0 Å². The monoisotopic (exact) mass is 253 g/mol. The highest BCUT2D eigenvalue weighted by molar-refractivity contribution is 5.23. The quantitative estimate of drug-likeness (QED) is 0.876. The minimum absolute atomic E-state index is 0.133. The molecular weight excluding hydrogens is 232 g/mol. The molecule has 1 saturated carbocycles. The molecule has 0 spiro atoms. The van der Waals surface area contributed by atoms with Gasteiger partial charge in [-0.15, -0.1) is 0 Å². The Kier molecular flexibility index (Phi) is 3.01. The smallest absolute Gasteiger partial charge is 0.126 e. The summed E-state index contributed by atoms with van der Waals surface area (Å²) < 4.78 is 26.7. The zero-order chi connectivity index (χ0) is 13.7. The first-order chi connectivity index (χ1) is 8.18. The van der Waals surface area contributed by atoms with Crippen molar-refractivity contribution in [2.45, 2.75) is 40.2 Å². The summed E-state index contributed by atoms with van der Waals surface area (Å²) in [6.45, 7) is 8.72. The average molecular weight is 253 g/mol. The Bertz CT molecular complexity index is 452. The van der Waals surface area contributed by atoms with Crippen LogP contribution in [0.5, 0.6) is 0 Å². The van der Waals surface area contributed by atoms with Crippen LogP contribution in [0.1, 0.15) is 33.3 Å². The van der Waals surface area contributed by atoms with Gasteiger partial charge in [0.1, 0.15) is 11.6 Å². The van der Waals surface area contributed by atoms with E-state index in [-0.39, 0.29) is 22.7 Å². The fourth-order valence-electron chi connectivity index (χ4n) is 3.39. The molecular formula is C15H21F2N. The summed E-state index contributed by atoms with van der Waals surface area (Å²) in [6, 6.07) is 3.42. The first kappa shape index (κ1) is 13.5. The summed E-state index contributed by atoms with van der Waals surface area (Å²) in [7, 11) is 0. The molecule has 0 bridgehead atoms. The van der Waals surface area contributed by atoms with Gasteiger partial charge < -0.3 is 5.73 Å². The van der Waals surface area contributed by atoms with Crippen molar-refractivity contribution in [1.82, 2.24) is 0 Å². The van der Waals surface area contributed by atoms with Crippen LogP contribution in [0.4, 0.5) is 8.78 Å². The molecule has 1 atom stereocenters. The molecule has 2 rings (SSSR count). The minimum Gasteiger partial charge on any atom is -0.327 e. The Morgan fingerprint density at radius 2 is 1.72 bits per heavy atom. The van der Waals surface area contributed by atoms with E-state index in [1.807, 2.05) is 0 Å². The van der Waals surface area contributed by atoms with Gasteiger partial charge in [0.2, 0.25) is 0 Å². The molecule has 0 saturated heterocycles. The van der Waals surface area contributed by atoms with Gasteiger partial charge in [-0.1, -0.05) is 27.7 Å². The lowest BCUT2D eigenvalue weighted by molar-refractivity contribution is 0.457. The van der Waals surface area contributed by atoms with E-state index in [4.69, 9.17) is 5.73 Å². The van der Waals surface area contributed by atoms with E-state index < -0.39 is 5.82 Å². The van der Waals surface area contributed by atoms with Crippen LogP contribution >= 0.6 is 0 Å². The summed E-state index contributed by atoms with van der Waals surface area (Å²) in [5, 5.41) is 0.